The molecule has 5 nitrogen and oxygen atoms in total. The normalized spacial score (nSPS) is 10.7. The van der Waals surface area contributed by atoms with E-state index in [-0.39, 0.29) is 11.7 Å². The van der Waals surface area contributed by atoms with Crippen LogP contribution in [0.2, 0.25) is 0 Å². The summed E-state index contributed by atoms with van der Waals surface area (Å²) < 4.78 is 4.56. The highest BCUT2D eigenvalue weighted by Gasteiger charge is 2.02. The molecule has 1 rings (SSSR count). The zero-order valence-corrected chi connectivity index (χ0v) is 11.6. The van der Waals surface area contributed by atoms with Crippen LogP contribution in [0, 0.1) is 10.1 Å². The summed E-state index contributed by atoms with van der Waals surface area (Å²) in [6, 6.07) is 6.45. The Bertz CT molecular complexity index is 465. The highest BCUT2D eigenvalue weighted by atomic mass is 16.6. The van der Waals surface area contributed by atoms with Gasteiger partial charge in [-0.25, -0.2) is 0 Å². The highest BCUT2D eigenvalue weighted by molar-refractivity contribution is 5.68. The van der Waals surface area contributed by atoms with Crippen LogP contribution in [-0.4, -0.2) is 18.0 Å². The first-order chi connectivity index (χ1) is 9.63. The molecule has 108 valence electrons. The predicted molar refractivity (Wildman–Crippen MR) is 77.2 cm³/mol. The number of hydrogen-bond donors (Lipinski definition) is 0. The van der Waals surface area contributed by atoms with Crippen LogP contribution in [-0.2, 0) is 9.53 Å². The van der Waals surface area contributed by atoms with Gasteiger partial charge in [0.2, 0.25) is 0 Å². The van der Waals surface area contributed by atoms with Gasteiger partial charge in [-0.15, -0.1) is 0 Å². The number of rotatable bonds is 8. The Kier molecular flexibility index (Phi) is 7.03. The SMILES string of the molecule is COC(=O)CCCCCC=Cc1ccc([N+](=O)[O-])cc1. The second-order valence-corrected chi connectivity index (χ2v) is 4.43. The van der Waals surface area contributed by atoms with E-state index in [9.17, 15) is 14.9 Å². The van der Waals surface area contributed by atoms with E-state index in [0.717, 1.165) is 31.2 Å². The summed E-state index contributed by atoms with van der Waals surface area (Å²) in [5, 5.41) is 10.5. The fourth-order valence-electron chi connectivity index (χ4n) is 1.74. The van der Waals surface area contributed by atoms with E-state index in [1.807, 2.05) is 12.2 Å². The number of non-ortho nitro benzene ring substituents is 1. The second kappa shape index (κ2) is 8.85. The van der Waals surface area contributed by atoms with E-state index in [0.29, 0.717) is 6.42 Å². The number of nitrogens with zero attached hydrogens (tertiary/aromatic N) is 1. The van der Waals surface area contributed by atoms with Crippen molar-refractivity contribution in [3.8, 4) is 0 Å². The molecule has 0 aliphatic rings. The van der Waals surface area contributed by atoms with Crippen LogP contribution in [0.4, 0.5) is 5.69 Å². The van der Waals surface area contributed by atoms with Gasteiger partial charge in [-0.05, 0) is 37.0 Å². The number of hydrogen-bond acceptors (Lipinski definition) is 4. The lowest BCUT2D eigenvalue weighted by atomic mass is 10.1. The third-order valence-corrected chi connectivity index (χ3v) is 2.89. The monoisotopic (exact) mass is 277 g/mol. The Morgan fingerprint density at radius 3 is 2.55 bits per heavy atom. The standard InChI is InChI=1S/C15H19NO4/c1-20-15(17)8-6-4-2-3-5-7-13-9-11-14(12-10-13)16(18)19/h5,7,9-12H,2-4,6,8H2,1H3. The van der Waals surface area contributed by atoms with E-state index in [1.165, 1.54) is 19.2 Å². The largest absolute Gasteiger partial charge is 0.469 e. The lowest BCUT2D eigenvalue weighted by Crippen LogP contribution is -1.98. The first-order valence-electron chi connectivity index (χ1n) is 6.61. The van der Waals surface area contributed by atoms with Crippen molar-refractivity contribution in [3.05, 3.63) is 46.0 Å². The number of nitro benzene ring substituents is 1. The number of carbonyl (C=O) groups is 1. The van der Waals surface area contributed by atoms with Gasteiger partial charge in [0, 0.05) is 18.6 Å². The molecule has 0 atom stereocenters. The van der Waals surface area contributed by atoms with E-state index in [4.69, 9.17) is 0 Å². The fraction of sp³-hybridized carbons (Fsp3) is 0.400. The summed E-state index contributed by atoms with van der Waals surface area (Å²) in [6.45, 7) is 0. The van der Waals surface area contributed by atoms with Crippen LogP contribution in [0.1, 0.15) is 37.7 Å². The van der Waals surface area contributed by atoms with Gasteiger partial charge in [0.1, 0.15) is 0 Å². The molecule has 5 heteroatoms. The number of benzene rings is 1. The molecule has 0 saturated heterocycles. The molecule has 20 heavy (non-hydrogen) atoms. The molecule has 0 aliphatic carbocycles. The van der Waals surface area contributed by atoms with Gasteiger partial charge in [-0.2, -0.15) is 0 Å². The summed E-state index contributed by atoms with van der Waals surface area (Å²) in [7, 11) is 1.40. The Labute approximate surface area is 118 Å². The van der Waals surface area contributed by atoms with Crippen LogP contribution in [0.5, 0.6) is 0 Å². The predicted octanol–water partition coefficient (Wildman–Crippen LogP) is 3.73. The minimum absolute atomic E-state index is 0.102. The van der Waals surface area contributed by atoms with Gasteiger partial charge in [0.15, 0.2) is 0 Å². The molecular weight excluding hydrogens is 258 g/mol. The molecule has 0 bridgehead atoms. The topological polar surface area (TPSA) is 69.4 Å². The summed E-state index contributed by atoms with van der Waals surface area (Å²) in [5.74, 6) is -0.161. The summed E-state index contributed by atoms with van der Waals surface area (Å²) in [4.78, 5) is 21.0. The molecule has 0 heterocycles. The van der Waals surface area contributed by atoms with Crippen LogP contribution in [0.15, 0.2) is 30.3 Å². The lowest BCUT2D eigenvalue weighted by molar-refractivity contribution is -0.384. The summed E-state index contributed by atoms with van der Waals surface area (Å²) in [6.07, 6.45) is 8.24. The molecule has 0 aliphatic heterocycles. The van der Waals surface area contributed by atoms with Crippen LogP contribution in [0.25, 0.3) is 6.08 Å². The van der Waals surface area contributed by atoms with Crippen molar-refractivity contribution in [2.45, 2.75) is 32.1 Å². The second-order valence-electron chi connectivity index (χ2n) is 4.43. The molecule has 0 radical (unpaired) electrons. The summed E-state index contributed by atoms with van der Waals surface area (Å²) in [5.41, 5.74) is 1.05. The van der Waals surface area contributed by atoms with E-state index in [1.54, 1.807) is 12.1 Å². The smallest absolute Gasteiger partial charge is 0.305 e. The quantitative estimate of drug-likeness (QED) is 0.314. The van der Waals surface area contributed by atoms with E-state index < -0.39 is 4.92 Å². The Balaban J connectivity index is 2.21. The number of unbranched alkanes of at least 4 members (excludes halogenated alkanes) is 3. The number of allylic oxidation sites excluding steroid dienone is 1. The number of methoxy groups -OCH3 is 1. The number of nitro groups is 1. The van der Waals surface area contributed by atoms with Gasteiger partial charge in [-0.1, -0.05) is 18.6 Å². The van der Waals surface area contributed by atoms with E-state index in [2.05, 4.69) is 4.74 Å². The first kappa shape index (κ1) is 15.9. The Morgan fingerprint density at radius 2 is 1.95 bits per heavy atom. The van der Waals surface area contributed by atoms with Gasteiger partial charge in [0.25, 0.3) is 5.69 Å². The van der Waals surface area contributed by atoms with Gasteiger partial charge in [0.05, 0.1) is 12.0 Å². The minimum Gasteiger partial charge on any atom is -0.469 e. The molecule has 0 saturated carbocycles. The molecule has 1 aromatic rings. The third-order valence-electron chi connectivity index (χ3n) is 2.89. The molecular formula is C15H19NO4. The molecule has 0 N–H and O–H groups in total. The van der Waals surface area contributed by atoms with Crippen LogP contribution in [0.3, 0.4) is 0 Å². The zero-order valence-electron chi connectivity index (χ0n) is 11.6. The van der Waals surface area contributed by atoms with Gasteiger partial charge < -0.3 is 4.74 Å². The van der Waals surface area contributed by atoms with Crippen molar-refractivity contribution >= 4 is 17.7 Å². The Hall–Kier alpha value is -2.17. The molecule has 0 amide bonds. The fourth-order valence-corrected chi connectivity index (χ4v) is 1.74. The van der Waals surface area contributed by atoms with Crippen molar-refractivity contribution in [1.82, 2.24) is 0 Å². The van der Waals surface area contributed by atoms with Crippen molar-refractivity contribution in [2.24, 2.45) is 0 Å². The Morgan fingerprint density at radius 1 is 1.25 bits per heavy atom. The lowest BCUT2D eigenvalue weighted by Gasteiger charge is -1.98. The van der Waals surface area contributed by atoms with E-state index >= 15 is 0 Å². The van der Waals surface area contributed by atoms with Crippen LogP contribution < -0.4 is 0 Å². The van der Waals surface area contributed by atoms with Crippen molar-refractivity contribution in [1.29, 1.82) is 0 Å². The van der Waals surface area contributed by atoms with Gasteiger partial charge >= 0.3 is 5.97 Å². The highest BCUT2D eigenvalue weighted by Crippen LogP contribution is 2.13. The maximum atomic E-state index is 10.9. The van der Waals surface area contributed by atoms with Gasteiger partial charge in [-0.3, -0.25) is 14.9 Å². The average molecular weight is 277 g/mol. The van der Waals surface area contributed by atoms with Crippen molar-refractivity contribution < 1.29 is 14.5 Å². The number of ether oxygens (including phenoxy) is 1. The molecule has 1 aromatic carbocycles. The molecule has 0 aromatic heterocycles. The molecule has 0 fully saturated rings. The summed E-state index contributed by atoms with van der Waals surface area (Å²) >= 11 is 0. The average Bonchev–Trinajstić information content (AvgIpc) is 2.46. The minimum atomic E-state index is -0.408. The number of esters is 1. The van der Waals surface area contributed by atoms with Crippen LogP contribution >= 0.6 is 0 Å². The molecule has 0 unspecified atom stereocenters. The van der Waals surface area contributed by atoms with Crippen molar-refractivity contribution in [3.63, 3.8) is 0 Å². The van der Waals surface area contributed by atoms with Crippen molar-refractivity contribution in [2.75, 3.05) is 7.11 Å². The maximum Gasteiger partial charge on any atom is 0.305 e. The first-order valence-corrected chi connectivity index (χ1v) is 6.61. The molecule has 0 spiro atoms. The third kappa shape index (κ3) is 6.13. The number of carbonyl (C=O) groups excluding carboxylic acids is 1. The zero-order chi connectivity index (χ0) is 14.8. The maximum absolute atomic E-state index is 10.9.